The standard InChI is InChI=1S/C16H14F2N2O/c17-12-6-2-8-14(15(12)18)20-16(21)11-4-1-7-13-10(11)5-3-9-19-13/h1-2,4,6-8,19H,3,5,9H2,(H,20,21). The first-order valence-corrected chi connectivity index (χ1v) is 6.78. The molecular weight excluding hydrogens is 274 g/mol. The Bertz CT molecular complexity index is 701. The molecule has 0 saturated heterocycles. The second-order valence-electron chi connectivity index (χ2n) is 4.92. The molecule has 0 fully saturated rings. The van der Waals surface area contributed by atoms with E-state index in [4.69, 9.17) is 0 Å². The number of amides is 1. The van der Waals surface area contributed by atoms with Gasteiger partial charge in [0, 0.05) is 17.8 Å². The second-order valence-corrected chi connectivity index (χ2v) is 4.92. The number of benzene rings is 2. The summed E-state index contributed by atoms with van der Waals surface area (Å²) in [4.78, 5) is 12.3. The zero-order chi connectivity index (χ0) is 14.8. The summed E-state index contributed by atoms with van der Waals surface area (Å²) in [6, 6.07) is 9.08. The Morgan fingerprint density at radius 2 is 1.95 bits per heavy atom. The fourth-order valence-corrected chi connectivity index (χ4v) is 2.51. The maximum absolute atomic E-state index is 13.6. The maximum atomic E-state index is 13.6. The molecule has 2 aromatic rings. The summed E-state index contributed by atoms with van der Waals surface area (Å²) in [7, 11) is 0. The van der Waals surface area contributed by atoms with Crippen LogP contribution in [0, 0.1) is 11.6 Å². The largest absolute Gasteiger partial charge is 0.385 e. The number of hydrogen-bond acceptors (Lipinski definition) is 2. The molecule has 0 aliphatic carbocycles. The maximum Gasteiger partial charge on any atom is 0.256 e. The van der Waals surface area contributed by atoms with Gasteiger partial charge in [0.15, 0.2) is 11.6 Å². The first-order chi connectivity index (χ1) is 10.2. The van der Waals surface area contributed by atoms with E-state index in [0.29, 0.717) is 5.56 Å². The minimum absolute atomic E-state index is 0.152. The zero-order valence-corrected chi connectivity index (χ0v) is 11.2. The van der Waals surface area contributed by atoms with E-state index in [1.807, 2.05) is 6.07 Å². The molecule has 5 heteroatoms. The van der Waals surface area contributed by atoms with E-state index in [-0.39, 0.29) is 5.69 Å². The van der Waals surface area contributed by atoms with E-state index in [2.05, 4.69) is 10.6 Å². The van der Waals surface area contributed by atoms with Gasteiger partial charge in [-0.05, 0) is 42.7 Å². The van der Waals surface area contributed by atoms with Crippen molar-refractivity contribution in [1.29, 1.82) is 0 Å². The number of halogens is 2. The van der Waals surface area contributed by atoms with Gasteiger partial charge in [-0.1, -0.05) is 12.1 Å². The van der Waals surface area contributed by atoms with Gasteiger partial charge in [-0.2, -0.15) is 0 Å². The quantitative estimate of drug-likeness (QED) is 0.887. The SMILES string of the molecule is O=C(Nc1cccc(F)c1F)c1cccc2c1CCCN2. The van der Waals surface area contributed by atoms with Crippen molar-refractivity contribution in [2.24, 2.45) is 0 Å². The van der Waals surface area contributed by atoms with Crippen LogP contribution in [0.4, 0.5) is 20.2 Å². The predicted molar refractivity (Wildman–Crippen MR) is 77.6 cm³/mol. The van der Waals surface area contributed by atoms with Crippen molar-refractivity contribution >= 4 is 17.3 Å². The third-order valence-electron chi connectivity index (χ3n) is 3.54. The predicted octanol–water partition coefficient (Wildman–Crippen LogP) is 3.58. The lowest BCUT2D eigenvalue weighted by molar-refractivity contribution is 0.102. The van der Waals surface area contributed by atoms with E-state index < -0.39 is 17.5 Å². The molecule has 1 amide bonds. The number of carbonyl (C=O) groups is 1. The van der Waals surface area contributed by atoms with Gasteiger partial charge in [-0.25, -0.2) is 8.78 Å². The molecule has 0 atom stereocenters. The fourth-order valence-electron chi connectivity index (χ4n) is 2.51. The summed E-state index contributed by atoms with van der Waals surface area (Å²) in [6.45, 7) is 0.872. The molecule has 0 bridgehead atoms. The van der Waals surface area contributed by atoms with Gasteiger partial charge in [0.05, 0.1) is 5.69 Å². The van der Waals surface area contributed by atoms with Gasteiger partial charge >= 0.3 is 0 Å². The number of hydrogen-bond donors (Lipinski definition) is 2. The summed E-state index contributed by atoms with van der Waals surface area (Å²) >= 11 is 0. The first kappa shape index (κ1) is 13.5. The number of nitrogens with one attached hydrogen (secondary N) is 2. The van der Waals surface area contributed by atoms with E-state index >= 15 is 0 Å². The van der Waals surface area contributed by atoms with Crippen molar-refractivity contribution in [3.05, 3.63) is 59.2 Å². The van der Waals surface area contributed by atoms with Crippen LogP contribution in [0.3, 0.4) is 0 Å². The second kappa shape index (κ2) is 5.52. The van der Waals surface area contributed by atoms with E-state index in [0.717, 1.165) is 36.7 Å². The summed E-state index contributed by atoms with van der Waals surface area (Å²) in [5.74, 6) is -2.46. The molecule has 0 unspecified atom stereocenters. The van der Waals surface area contributed by atoms with Crippen LogP contribution in [0.15, 0.2) is 36.4 Å². The molecule has 2 aromatic carbocycles. The Kier molecular flexibility index (Phi) is 3.56. The average molecular weight is 288 g/mol. The van der Waals surface area contributed by atoms with Crippen molar-refractivity contribution in [2.45, 2.75) is 12.8 Å². The molecule has 1 aliphatic rings. The highest BCUT2D eigenvalue weighted by molar-refractivity contribution is 6.06. The molecular formula is C16H14F2N2O. The van der Waals surface area contributed by atoms with E-state index in [9.17, 15) is 13.6 Å². The lowest BCUT2D eigenvalue weighted by Crippen LogP contribution is -2.19. The highest BCUT2D eigenvalue weighted by atomic mass is 19.2. The molecule has 21 heavy (non-hydrogen) atoms. The van der Waals surface area contributed by atoms with Gasteiger partial charge in [-0.3, -0.25) is 4.79 Å². The topological polar surface area (TPSA) is 41.1 Å². The van der Waals surface area contributed by atoms with Gasteiger partial charge in [0.1, 0.15) is 0 Å². The van der Waals surface area contributed by atoms with Crippen LogP contribution in [-0.2, 0) is 6.42 Å². The van der Waals surface area contributed by atoms with Gasteiger partial charge in [0.2, 0.25) is 0 Å². The molecule has 108 valence electrons. The molecule has 1 heterocycles. The molecule has 0 aromatic heterocycles. The fraction of sp³-hybridized carbons (Fsp3) is 0.188. The Morgan fingerprint density at radius 1 is 1.14 bits per heavy atom. The Morgan fingerprint density at radius 3 is 2.81 bits per heavy atom. The number of carbonyl (C=O) groups excluding carboxylic acids is 1. The number of rotatable bonds is 2. The minimum atomic E-state index is -1.05. The van der Waals surface area contributed by atoms with Crippen molar-refractivity contribution in [1.82, 2.24) is 0 Å². The zero-order valence-electron chi connectivity index (χ0n) is 11.2. The Balaban J connectivity index is 1.91. The van der Waals surface area contributed by atoms with Crippen LogP contribution < -0.4 is 10.6 Å². The van der Waals surface area contributed by atoms with Gasteiger partial charge < -0.3 is 10.6 Å². The van der Waals surface area contributed by atoms with Crippen LogP contribution in [0.2, 0.25) is 0 Å². The lowest BCUT2D eigenvalue weighted by Gasteiger charge is -2.20. The molecule has 0 spiro atoms. The number of anilines is 2. The number of fused-ring (bicyclic) bond motifs is 1. The summed E-state index contributed by atoms with van der Waals surface area (Å²) in [6.07, 6.45) is 1.73. The van der Waals surface area contributed by atoms with Crippen molar-refractivity contribution < 1.29 is 13.6 Å². The molecule has 2 N–H and O–H groups in total. The van der Waals surface area contributed by atoms with Crippen LogP contribution in [0.5, 0.6) is 0 Å². The van der Waals surface area contributed by atoms with Crippen LogP contribution in [0.1, 0.15) is 22.3 Å². The highest BCUT2D eigenvalue weighted by Crippen LogP contribution is 2.26. The molecule has 1 aliphatic heterocycles. The Labute approximate surface area is 121 Å². The van der Waals surface area contributed by atoms with E-state index in [1.54, 1.807) is 12.1 Å². The summed E-state index contributed by atoms with van der Waals surface area (Å²) < 4.78 is 26.8. The molecule has 0 radical (unpaired) electrons. The third kappa shape index (κ3) is 2.59. The smallest absolute Gasteiger partial charge is 0.256 e. The summed E-state index contributed by atoms with van der Waals surface area (Å²) in [5, 5.41) is 5.66. The van der Waals surface area contributed by atoms with Crippen molar-refractivity contribution in [3.63, 3.8) is 0 Å². The van der Waals surface area contributed by atoms with Gasteiger partial charge in [-0.15, -0.1) is 0 Å². The van der Waals surface area contributed by atoms with Crippen LogP contribution in [-0.4, -0.2) is 12.5 Å². The van der Waals surface area contributed by atoms with Crippen molar-refractivity contribution in [2.75, 3.05) is 17.2 Å². The average Bonchev–Trinajstić information content (AvgIpc) is 2.51. The molecule has 0 saturated carbocycles. The normalized spacial score (nSPS) is 13.2. The third-order valence-corrected chi connectivity index (χ3v) is 3.54. The first-order valence-electron chi connectivity index (χ1n) is 6.78. The lowest BCUT2D eigenvalue weighted by atomic mass is 9.97. The van der Waals surface area contributed by atoms with Crippen LogP contribution in [0.25, 0.3) is 0 Å². The van der Waals surface area contributed by atoms with E-state index in [1.165, 1.54) is 12.1 Å². The monoisotopic (exact) mass is 288 g/mol. The minimum Gasteiger partial charge on any atom is -0.385 e. The molecule has 3 nitrogen and oxygen atoms in total. The molecule has 3 rings (SSSR count). The highest BCUT2D eigenvalue weighted by Gasteiger charge is 2.18. The van der Waals surface area contributed by atoms with Gasteiger partial charge in [0.25, 0.3) is 5.91 Å². The van der Waals surface area contributed by atoms with Crippen LogP contribution >= 0.6 is 0 Å². The van der Waals surface area contributed by atoms with Crippen molar-refractivity contribution in [3.8, 4) is 0 Å². The Hall–Kier alpha value is -2.43. The summed E-state index contributed by atoms with van der Waals surface area (Å²) in [5.41, 5.74) is 2.18.